The number of benzene rings is 2. The van der Waals surface area contributed by atoms with Crippen molar-refractivity contribution >= 4 is 17.7 Å². The Balaban J connectivity index is 2.03. The van der Waals surface area contributed by atoms with Gasteiger partial charge in [-0.2, -0.15) is 0 Å². The molecule has 0 saturated carbocycles. The molecule has 9 nitrogen and oxygen atoms in total. The number of aliphatic hydroxyl groups excluding tert-OH is 1. The van der Waals surface area contributed by atoms with E-state index in [1.54, 1.807) is 36.4 Å². The molecule has 0 heterocycles. The van der Waals surface area contributed by atoms with Crippen molar-refractivity contribution in [2.24, 2.45) is 5.73 Å². The van der Waals surface area contributed by atoms with Gasteiger partial charge in [0.25, 0.3) is 17.7 Å². The number of carbonyl (C=O) groups excluding carboxylic acids is 3. The summed E-state index contributed by atoms with van der Waals surface area (Å²) in [7, 11) is 0. The monoisotopic (exact) mass is 424 g/mol. The maximum Gasteiger partial charge on any atom is 0.268 e. The summed E-state index contributed by atoms with van der Waals surface area (Å²) < 4.78 is 0. The van der Waals surface area contributed by atoms with Crippen LogP contribution in [-0.2, 0) is 4.79 Å². The lowest BCUT2D eigenvalue weighted by molar-refractivity contribution is -0.133. The van der Waals surface area contributed by atoms with Gasteiger partial charge in [0.2, 0.25) is 0 Å². The van der Waals surface area contributed by atoms with Crippen LogP contribution in [0, 0.1) is 11.8 Å². The van der Waals surface area contributed by atoms with Crippen LogP contribution in [0.15, 0.2) is 48.5 Å². The number of nitrogens with one attached hydrogen (secondary N) is 3. The first-order valence-corrected chi connectivity index (χ1v) is 9.49. The van der Waals surface area contributed by atoms with Gasteiger partial charge in [-0.3, -0.25) is 19.6 Å². The summed E-state index contributed by atoms with van der Waals surface area (Å²) in [6.07, 6.45) is -1.20. The van der Waals surface area contributed by atoms with Crippen LogP contribution in [0.3, 0.4) is 0 Å². The summed E-state index contributed by atoms with van der Waals surface area (Å²) in [6.45, 7) is 2.09. The highest BCUT2D eigenvalue weighted by Crippen LogP contribution is 2.07. The Kier molecular flexibility index (Phi) is 8.72. The average Bonchev–Trinajstić information content (AvgIpc) is 2.79. The largest absolute Gasteiger partial charge is 0.391 e. The van der Waals surface area contributed by atoms with E-state index in [9.17, 15) is 19.5 Å². The van der Waals surface area contributed by atoms with Crippen LogP contribution >= 0.6 is 0 Å². The van der Waals surface area contributed by atoms with Gasteiger partial charge >= 0.3 is 0 Å². The predicted molar refractivity (Wildman–Crippen MR) is 113 cm³/mol. The van der Waals surface area contributed by atoms with Crippen molar-refractivity contribution in [3.8, 4) is 11.8 Å². The molecule has 0 saturated heterocycles. The summed E-state index contributed by atoms with van der Waals surface area (Å²) >= 11 is 0. The smallest absolute Gasteiger partial charge is 0.268 e. The quantitative estimate of drug-likeness (QED) is 0.205. The number of aliphatic hydroxyl groups is 1. The fourth-order valence-corrected chi connectivity index (χ4v) is 2.54. The van der Waals surface area contributed by atoms with Gasteiger partial charge in [0.05, 0.1) is 6.10 Å². The van der Waals surface area contributed by atoms with E-state index in [1.165, 1.54) is 24.5 Å². The van der Waals surface area contributed by atoms with Gasteiger partial charge in [-0.1, -0.05) is 11.8 Å². The molecule has 0 aliphatic heterocycles. The molecular formula is C22H24N4O5. The molecule has 31 heavy (non-hydrogen) atoms. The van der Waals surface area contributed by atoms with Crippen molar-refractivity contribution in [1.29, 1.82) is 0 Å². The van der Waals surface area contributed by atoms with E-state index in [0.29, 0.717) is 29.8 Å². The predicted octanol–water partition coefficient (Wildman–Crippen LogP) is -0.240. The van der Waals surface area contributed by atoms with Crippen LogP contribution in [-0.4, -0.2) is 53.3 Å². The number of hydrogen-bond acceptors (Lipinski definition) is 6. The summed E-state index contributed by atoms with van der Waals surface area (Å²) in [5, 5.41) is 23.3. The zero-order valence-corrected chi connectivity index (χ0v) is 16.9. The molecule has 0 radical (unpaired) electrons. The fraction of sp³-hybridized carbons (Fsp3) is 0.227. The van der Waals surface area contributed by atoms with E-state index in [0.717, 1.165) is 0 Å². The fourth-order valence-electron chi connectivity index (χ4n) is 2.54. The van der Waals surface area contributed by atoms with Crippen LogP contribution in [0.1, 0.15) is 38.8 Å². The normalized spacial score (nSPS) is 12.0. The minimum Gasteiger partial charge on any atom is -0.391 e. The van der Waals surface area contributed by atoms with Gasteiger partial charge in [-0.15, -0.1) is 0 Å². The second kappa shape index (κ2) is 11.5. The third-order valence-corrected chi connectivity index (χ3v) is 4.24. The first-order chi connectivity index (χ1) is 14.8. The first-order valence-electron chi connectivity index (χ1n) is 9.49. The third-order valence-electron chi connectivity index (χ3n) is 4.24. The lowest BCUT2D eigenvalue weighted by atomic mass is 10.1. The Morgan fingerprint density at radius 1 is 0.935 bits per heavy atom. The van der Waals surface area contributed by atoms with E-state index in [1.807, 2.05) is 0 Å². The topological polar surface area (TPSA) is 154 Å². The molecule has 162 valence electrons. The summed E-state index contributed by atoms with van der Waals surface area (Å²) in [6, 6.07) is 11.8. The summed E-state index contributed by atoms with van der Waals surface area (Å²) in [4.78, 5) is 35.6. The molecule has 2 atom stereocenters. The molecule has 0 aliphatic rings. The van der Waals surface area contributed by atoms with Gasteiger partial charge in [0.1, 0.15) is 6.04 Å². The molecule has 7 N–H and O–H groups in total. The average molecular weight is 424 g/mol. The maximum atomic E-state index is 12.3. The Bertz CT molecular complexity index is 976. The molecule has 0 fully saturated rings. The van der Waals surface area contributed by atoms with Crippen molar-refractivity contribution < 1.29 is 24.7 Å². The highest BCUT2D eigenvalue weighted by molar-refractivity contribution is 5.97. The highest BCUT2D eigenvalue weighted by atomic mass is 16.5. The van der Waals surface area contributed by atoms with E-state index in [2.05, 4.69) is 22.5 Å². The van der Waals surface area contributed by atoms with Gasteiger partial charge in [-0.05, 0) is 55.5 Å². The number of hydrogen-bond donors (Lipinski definition) is 6. The third kappa shape index (κ3) is 6.94. The minimum absolute atomic E-state index is 0.201. The number of nitrogens with two attached hydrogens (primary N) is 1. The Morgan fingerprint density at radius 2 is 1.42 bits per heavy atom. The molecule has 0 spiro atoms. The van der Waals surface area contributed by atoms with E-state index < -0.39 is 24.0 Å². The molecule has 2 rings (SSSR count). The number of carbonyl (C=O) groups is 3. The zero-order chi connectivity index (χ0) is 22.8. The van der Waals surface area contributed by atoms with Crippen molar-refractivity contribution in [2.75, 3.05) is 13.1 Å². The lowest BCUT2D eigenvalue weighted by Crippen LogP contribution is -2.51. The Morgan fingerprint density at radius 3 is 1.84 bits per heavy atom. The first kappa shape index (κ1) is 23.6. The van der Waals surface area contributed by atoms with Crippen LogP contribution in [0.2, 0.25) is 0 Å². The summed E-state index contributed by atoms with van der Waals surface area (Å²) in [5.41, 5.74) is 8.91. The molecular weight excluding hydrogens is 400 g/mol. The molecule has 0 bridgehead atoms. The highest BCUT2D eigenvalue weighted by Gasteiger charge is 2.25. The van der Waals surface area contributed by atoms with E-state index in [-0.39, 0.29) is 11.5 Å². The standard InChI is InChI=1S/C22H24N4O5/c1-14(27)19(22(30)26-31)25-21(29)18-10-6-16(7-11-18)3-2-15-4-8-17(9-5-15)20(28)24-13-12-23/h4-11,14,19,27,31H,12-13,23H2,1H3,(H,24,28)(H,25,29)(H,26,30)/t14-,19+/m1/s1. The molecule has 3 amide bonds. The number of hydroxylamine groups is 1. The zero-order valence-electron chi connectivity index (χ0n) is 16.9. The van der Waals surface area contributed by atoms with Gasteiger partial charge in [0.15, 0.2) is 0 Å². The summed E-state index contributed by atoms with van der Waals surface area (Å²) in [5.74, 6) is 4.22. The second-order valence-corrected chi connectivity index (χ2v) is 6.62. The van der Waals surface area contributed by atoms with Crippen LogP contribution in [0.4, 0.5) is 0 Å². The van der Waals surface area contributed by atoms with Crippen LogP contribution in [0.5, 0.6) is 0 Å². The van der Waals surface area contributed by atoms with Crippen molar-refractivity contribution in [3.05, 3.63) is 70.8 Å². The van der Waals surface area contributed by atoms with Crippen molar-refractivity contribution in [1.82, 2.24) is 16.1 Å². The van der Waals surface area contributed by atoms with Crippen molar-refractivity contribution in [3.63, 3.8) is 0 Å². The van der Waals surface area contributed by atoms with Gasteiger partial charge in [-0.25, -0.2) is 5.48 Å². The maximum absolute atomic E-state index is 12.3. The second-order valence-electron chi connectivity index (χ2n) is 6.62. The number of rotatable bonds is 7. The molecule has 0 unspecified atom stereocenters. The van der Waals surface area contributed by atoms with Gasteiger partial charge < -0.3 is 21.5 Å². The van der Waals surface area contributed by atoms with Gasteiger partial charge in [0, 0.05) is 35.3 Å². The Labute approximate surface area is 179 Å². The number of amides is 3. The van der Waals surface area contributed by atoms with E-state index >= 15 is 0 Å². The Hall–Kier alpha value is -3.71. The van der Waals surface area contributed by atoms with Crippen molar-refractivity contribution in [2.45, 2.75) is 19.1 Å². The molecule has 0 aliphatic carbocycles. The SMILES string of the molecule is C[C@@H](O)[C@H](NC(=O)c1ccc(C#Cc2ccc(C(=O)NCCN)cc2)cc1)C(=O)NO. The molecule has 2 aromatic carbocycles. The van der Waals surface area contributed by atoms with Crippen LogP contribution in [0.25, 0.3) is 0 Å². The van der Waals surface area contributed by atoms with Crippen LogP contribution < -0.4 is 21.8 Å². The van der Waals surface area contributed by atoms with E-state index in [4.69, 9.17) is 10.9 Å². The lowest BCUT2D eigenvalue weighted by Gasteiger charge is -2.19. The minimum atomic E-state index is -1.29. The molecule has 0 aromatic heterocycles. The molecule has 2 aromatic rings. The molecule has 9 heteroatoms.